The average molecular weight is 842 g/mol. The van der Waals surface area contributed by atoms with Crippen LogP contribution in [0.5, 0.6) is 0 Å². The predicted octanol–water partition coefficient (Wildman–Crippen LogP) is 17.5. The molecular weight excluding hydrogens is 783 g/mol. The van der Waals surface area contributed by atoms with E-state index in [4.69, 9.17) is 0 Å². The number of hydrogen-bond donors (Lipinski definition) is 0. The summed E-state index contributed by atoms with van der Waals surface area (Å²) in [6.07, 6.45) is 5.82. The van der Waals surface area contributed by atoms with E-state index in [2.05, 4.69) is 222 Å². The Morgan fingerprint density at radius 1 is 0.431 bits per heavy atom. The summed E-state index contributed by atoms with van der Waals surface area (Å²) in [5.41, 5.74) is 20.8. The van der Waals surface area contributed by atoms with E-state index in [0.29, 0.717) is 16.7 Å². The fraction of sp³-hybridized carbons (Fsp3) is 0.281. The van der Waals surface area contributed by atoms with E-state index in [1.807, 2.05) is 0 Å². The van der Waals surface area contributed by atoms with Gasteiger partial charge in [0.1, 0.15) is 0 Å². The molecule has 5 aliphatic carbocycles. The third kappa shape index (κ3) is 5.39. The zero-order chi connectivity index (χ0) is 44.0. The Hall–Kier alpha value is -6.18. The van der Waals surface area contributed by atoms with Crippen molar-refractivity contribution in [2.75, 3.05) is 4.90 Å². The Bertz CT molecular complexity index is 3160. The van der Waals surface area contributed by atoms with Gasteiger partial charge in [-0.1, -0.05) is 187 Å². The number of fused-ring (bicyclic) bond motifs is 4. The molecule has 0 aromatic heterocycles. The summed E-state index contributed by atoms with van der Waals surface area (Å²) in [6.45, 7) is 14.1. The minimum absolute atomic E-state index is 0.0508. The fourth-order valence-electron chi connectivity index (χ4n) is 14.7. The molecule has 3 unspecified atom stereocenters. The summed E-state index contributed by atoms with van der Waals surface area (Å²) in [4.78, 5) is 2.61. The van der Waals surface area contributed by atoms with Gasteiger partial charge in [0.05, 0.1) is 11.4 Å². The van der Waals surface area contributed by atoms with Gasteiger partial charge in [-0.25, -0.2) is 0 Å². The summed E-state index contributed by atoms with van der Waals surface area (Å²) < 4.78 is 0. The van der Waals surface area contributed by atoms with Crippen molar-refractivity contribution in [1.82, 2.24) is 0 Å². The third-order valence-corrected chi connectivity index (χ3v) is 17.5. The standard InChI is InChI=1S/C64H59N/c1-61(2,3)43-33-44(62(4,5)6)37-48(36-43)65(58-29-15-13-24-53(58)54-27-17-21-41-20-16-26-50(59(41)54)40-18-8-7-9-19-40)57-28-14-12-22-49(57)42-30-31-52-51-23-10-11-25-55(51)60(56(52)32-42)63-38-46-34-45-35-47(39-63)64(45,46)63/h7-33,36-37,45-47,60H,34-35,38-39H2,1-6H3. The lowest BCUT2D eigenvalue weighted by Gasteiger charge is -2.92. The van der Waals surface area contributed by atoms with Crippen molar-refractivity contribution in [2.45, 2.75) is 84.0 Å². The Balaban J connectivity index is 1.04. The maximum absolute atomic E-state index is 2.64. The van der Waals surface area contributed by atoms with Crippen molar-refractivity contribution >= 4 is 27.8 Å². The highest BCUT2D eigenvalue weighted by molar-refractivity contribution is 6.09. The molecule has 3 atom stereocenters. The van der Waals surface area contributed by atoms with E-state index in [9.17, 15) is 0 Å². The molecule has 0 aliphatic heterocycles. The summed E-state index contributed by atoms with van der Waals surface area (Å²) in [6, 6.07) is 67.4. The van der Waals surface area contributed by atoms with Crippen molar-refractivity contribution in [3.8, 4) is 44.5 Å². The molecule has 65 heavy (non-hydrogen) atoms. The largest absolute Gasteiger partial charge is 0.309 e. The zero-order valence-corrected chi connectivity index (χ0v) is 38.8. The van der Waals surface area contributed by atoms with Crippen LogP contribution in [0.25, 0.3) is 55.3 Å². The predicted molar refractivity (Wildman–Crippen MR) is 273 cm³/mol. The van der Waals surface area contributed by atoms with Crippen LogP contribution in [0.15, 0.2) is 176 Å². The summed E-state index contributed by atoms with van der Waals surface area (Å²) in [5, 5.41) is 2.52. The van der Waals surface area contributed by atoms with Gasteiger partial charge in [-0.3, -0.25) is 0 Å². The van der Waals surface area contributed by atoms with Crippen LogP contribution in [0.4, 0.5) is 17.1 Å². The van der Waals surface area contributed by atoms with E-state index in [-0.39, 0.29) is 10.8 Å². The van der Waals surface area contributed by atoms with Crippen LogP contribution in [0.2, 0.25) is 0 Å². The highest BCUT2D eigenvalue weighted by Crippen LogP contribution is 2.96. The lowest BCUT2D eigenvalue weighted by Crippen LogP contribution is -2.86. The number of anilines is 3. The molecule has 0 amide bonds. The van der Waals surface area contributed by atoms with E-state index >= 15 is 0 Å². The highest BCUT2D eigenvalue weighted by atomic mass is 15.1. The van der Waals surface area contributed by atoms with Crippen LogP contribution < -0.4 is 4.90 Å². The molecule has 0 saturated heterocycles. The van der Waals surface area contributed by atoms with Crippen molar-refractivity contribution in [3.05, 3.63) is 198 Å². The third-order valence-electron chi connectivity index (χ3n) is 17.5. The normalized spacial score (nSPS) is 24.3. The van der Waals surface area contributed by atoms with E-state index in [0.717, 1.165) is 17.8 Å². The van der Waals surface area contributed by atoms with E-state index in [1.54, 1.807) is 11.1 Å². The van der Waals surface area contributed by atoms with E-state index in [1.165, 1.54) is 109 Å². The molecule has 0 heterocycles. The van der Waals surface area contributed by atoms with Gasteiger partial charge in [-0.15, -0.1) is 0 Å². The molecular formula is C64H59N. The highest BCUT2D eigenvalue weighted by Gasteiger charge is 2.89. The maximum atomic E-state index is 2.64. The molecule has 1 heteroatoms. The van der Waals surface area contributed by atoms with Crippen LogP contribution in [-0.2, 0) is 10.8 Å². The lowest BCUT2D eigenvalue weighted by molar-refractivity contribution is -0.435. The quantitative estimate of drug-likeness (QED) is 0.155. The summed E-state index contributed by atoms with van der Waals surface area (Å²) in [5.74, 6) is 3.40. The van der Waals surface area contributed by atoms with Crippen LogP contribution in [0.3, 0.4) is 0 Å². The van der Waals surface area contributed by atoms with Crippen LogP contribution in [-0.4, -0.2) is 0 Å². The zero-order valence-electron chi connectivity index (χ0n) is 38.8. The fourth-order valence-corrected chi connectivity index (χ4v) is 14.7. The summed E-state index contributed by atoms with van der Waals surface area (Å²) in [7, 11) is 0. The van der Waals surface area contributed by atoms with Gasteiger partial charge < -0.3 is 4.90 Å². The number of para-hydroxylation sites is 2. The first-order valence-corrected chi connectivity index (χ1v) is 24.4. The summed E-state index contributed by atoms with van der Waals surface area (Å²) >= 11 is 0. The molecule has 4 saturated carbocycles. The number of nitrogens with zero attached hydrogens (tertiary/aromatic N) is 1. The van der Waals surface area contributed by atoms with Gasteiger partial charge in [-0.2, -0.15) is 0 Å². The van der Waals surface area contributed by atoms with Crippen LogP contribution >= 0.6 is 0 Å². The minimum Gasteiger partial charge on any atom is -0.309 e. The Morgan fingerprint density at radius 2 is 0.985 bits per heavy atom. The van der Waals surface area contributed by atoms with Crippen molar-refractivity contribution in [3.63, 3.8) is 0 Å². The Morgan fingerprint density at radius 3 is 1.63 bits per heavy atom. The second-order valence-electron chi connectivity index (χ2n) is 22.6. The lowest BCUT2D eigenvalue weighted by atomic mass is 9.11. The molecule has 8 aromatic carbocycles. The first kappa shape index (κ1) is 39.2. The molecule has 0 radical (unpaired) electrons. The molecule has 8 aromatic rings. The van der Waals surface area contributed by atoms with Crippen molar-refractivity contribution < 1.29 is 0 Å². The maximum Gasteiger partial charge on any atom is 0.0540 e. The minimum atomic E-state index is -0.0508. The Labute approximate surface area is 386 Å². The van der Waals surface area contributed by atoms with Gasteiger partial charge in [0.25, 0.3) is 0 Å². The van der Waals surface area contributed by atoms with Gasteiger partial charge >= 0.3 is 0 Å². The second kappa shape index (κ2) is 13.7. The molecule has 1 nitrogen and oxygen atoms in total. The van der Waals surface area contributed by atoms with Gasteiger partial charge in [-0.05, 0) is 162 Å². The topological polar surface area (TPSA) is 3.24 Å². The first-order valence-electron chi connectivity index (χ1n) is 24.4. The van der Waals surface area contributed by atoms with Crippen LogP contribution in [0.1, 0.15) is 95.4 Å². The van der Waals surface area contributed by atoms with Gasteiger partial charge in [0.15, 0.2) is 0 Å². The van der Waals surface area contributed by atoms with Crippen molar-refractivity contribution in [2.24, 2.45) is 28.6 Å². The Kier molecular flexibility index (Phi) is 8.25. The second-order valence-corrected chi connectivity index (χ2v) is 22.6. The average Bonchev–Trinajstić information content (AvgIpc) is 3.61. The van der Waals surface area contributed by atoms with Gasteiger partial charge in [0.2, 0.25) is 0 Å². The molecule has 13 rings (SSSR count). The number of benzene rings is 8. The molecule has 4 fully saturated rings. The first-order chi connectivity index (χ1) is 31.5. The molecule has 5 aliphatic rings. The van der Waals surface area contributed by atoms with Crippen molar-refractivity contribution in [1.29, 1.82) is 0 Å². The van der Waals surface area contributed by atoms with Gasteiger partial charge in [0, 0.05) is 22.7 Å². The van der Waals surface area contributed by atoms with Crippen LogP contribution in [0, 0.1) is 28.6 Å². The smallest absolute Gasteiger partial charge is 0.0540 e. The number of rotatable bonds is 7. The monoisotopic (exact) mass is 841 g/mol. The molecule has 320 valence electrons. The SMILES string of the molecule is CC(C)(C)c1cc(N(c2ccccc2-c2ccc3c(c2)C(C24CC5CC6CC(C2)C654)c2ccccc2-3)c2ccccc2-c2cccc3cccc(-c4ccccc4)c23)cc(C(C)(C)C)c1. The molecule has 0 N–H and O–H groups in total. The molecule has 0 bridgehead atoms. The number of hydrogen-bond acceptors (Lipinski definition) is 1. The molecule has 1 spiro atoms. The van der Waals surface area contributed by atoms with E-state index < -0.39 is 0 Å².